The molecule has 5 nitrogen and oxygen atoms in total. The molecule has 154 valence electrons. The fraction of sp³-hybridized carbons (Fsp3) is 0.0400. The molecule has 0 unspecified atom stereocenters. The number of halogens is 1. The van der Waals surface area contributed by atoms with Crippen LogP contribution in [-0.2, 0) is 4.79 Å². The number of benzene rings is 3. The number of rotatable bonds is 5. The van der Waals surface area contributed by atoms with Crippen molar-refractivity contribution in [3.05, 3.63) is 101 Å². The minimum atomic E-state index is -0.331. The van der Waals surface area contributed by atoms with Gasteiger partial charge in [-0.05, 0) is 66.6 Å². The van der Waals surface area contributed by atoms with E-state index in [0.29, 0.717) is 22.0 Å². The van der Waals surface area contributed by atoms with Crippen LogP contribution in [0.15, 0.2) is 83.3 Å². The Balaban J connectivity index is 1.40. The molecule has 0 saturated heterocycles. The molecule has 0 saturated carbocycles. The highest BCUT2D eigenvalue weighted by molar-refractivity contribution is 6.30. The topological polar surface area (TPSA) is 71.3 Å². The molecule has 0 bridgehead atoms. The summed E-state index contributed by atoms with van der Waals surface area (Å²) >= 11 is 5.86. The lowest BCUT2D eigenvalue weighted by atomic mass is 10.1. The van der Waals surface area contributed by atoms with Gasteiger partial charge in [-0.2, -0.15) is 0 Å². The quantitative estimate of drug-likeness (QED) is 0.365. The van der Waals surface area contributed by atoms with Gasteiger partial charge >= 0.3 is 0 Å². The van der Waals surface area contributed by atoms with Crippen LogP contribution in [0.25, 0.3) is 17.0 Å². The molecule has 1 heterocycles. The van der Waals surface area contributed by atoms with Gasteiger partial charge in [0.05, 0.1) is 0 Å². The lowest BCUT2D eigenvalue weighted by Gasteiger charge is -2.10. The third-order valence-corrected chi connectivity index (χ3v) is 4.94. The Morgan fingerprint density at radius 1 is 0.935 bits per heavy atom. The zero-order valence-corrected chi connectivity index (χ0v) is 17.4. The second-order valence-electron chi connectivity index (χ2n) is 7.01. The lowest BCUT2D eigenvalue weighted by Crippen LogP contribution is -2.12. The van der Waals surface area contributed by atoms with E-state index in [1.165, 1.54) is 6.08 Å². The summed E-state index contributed by atoms with van der Waals surface area (Å²) in [6, 6.07) is 21.6. The van der Waals surface area contributed by atoms with Gasteiger partial charge in [0.25, 0.3) is 5.91 Å². The summed E-state index contributed by atoms with van der Waals surface area (Å²) < 4.78 is 5.60. The van der Waals surface area contributed by atoms with Gasteiger partial charge in [0, 0.05) is 27.9 Å². The van der Waals surface area contributed by atoms with Crippen molar-refractivity contribution in [3.63, 3.8) is 0 Å². The van der Waals surface area contributed by atoms with Crippen LogP contribution in [0, 0.1) is 6.92 Å². The molecular formula is C25H19ClN2O3. The number of amides is 2. The first-order valence-corrected chi connectivity index (χ1v) is 10.0. The predicted molar refractivity (Wildman–Crippen MR) is 124 cm³/mol. The van der Waals surface area contributed by atoms with Gasteiger partial charge in [-0.1, -0.05) is 41.9 Å². The van der Waals surface area contributed by atoms with Gasteiger partial charge in [-0.3, -0.25) is 9.59 Å². The van der Waals surface area contributed by atoms with Crippen molar-refractivity contribution in [2.75, 3.05) is 10.6 Å². The molecule has 3 aromatic carbocycles. The van der Waals surface area contributed by atoms with Crippen LogP contribution >= 0.6 is 11.6 Å². The predicted octanol–water partition coefficient (Wildman–Crippen LogP) is 6.30. The summed E-state index contributed by atoms with van der Waals surface area (Å²) in [6.07, 6.45) is 3.16. The maximum atomic E-state index is 12.5. The number of aryl methyl sites for hydroxylation is 1. The van der Waals surface area contributed by atoms with Crippen molar-refractivity contribution >= 4 is 51.8 Å². The highest BCUT2D eigenvalue weighted by Crippen LogP contribution is 2.23. The van der Waals surface area contributed by atoms with Gasteiger partial charge in [-0.25, -0.2) is 0 Å². The first-order valence-electron chi connectivity index (χ1n) is 9.63. The number of carbonyl (C=O) groups excluding carboxylic acids is 2. The normalized spacial score (nSPS) is 11.0. The van der Waals surface area contributed by atoms with Crippen molar-refractivity contribution in [3.8, 4) is 0 Å². The second-order valence-corrected chi connectivity index (χ2v) is 7.44. The molecule has 2 N–H and O–H groups in total. The lowest BCUT2D eigenvalue weighted by molar-refractivity contribution is -0.111. The van der Waals surface area contributed by atoms with E-state index in [1.807, 2.05) is 43.3 Å². The summed E-state index contributed by atoms with van der Waals surface area (Å²) in [7, 11) is 0. The van der Waals surface area contributed by atoms with Crippen LogP contribution in [0.4, 0.5) is 11.4 Å². The number of fused-ring (bicyclic) bond motifs is 1. The Morgan fingerprint density at radius 3 is 2.45 bits per heavy atom. The van der Waals surface area contributed by atoms with Crippen LogP contribution in [-0.4, -0.2) is 11.8 Å². The first kappa shape index (κ1) is 20.4. The van der Waals surface area contributed by atoms with E-state index in [0.717, 1.165) is 16.5 Å². The zero-order chi connectivity index (χ0) is 21.8. The number of furan rings is 1. The fourth-order valence-electron chi connectivity index (χ4n) is 3.09. The molecule has 4 aromatic rings. The van der Waals surface area contributed by atoms with Crippen molar-refractivity contribution < 1.29 is 14.0 Å². The van der Waals surface area contributed by atoms with E-state index in [1.54, 1.807) is 42.5 Å². The third-order valence-electron chi connectivity index (χ3n) is 4.69. The van der Waals surface area contributed by atoms with E-state index in [-0.39, 0.29) is 17.6 Å². The number of nitrogens with one attached hydrogen (secondary N) is 2. The molecular weight excluding hydrogens is 412 g/mol. The highest BCUT2D eigenvalue weighted by Gasteiger charge is 2.13. The van der Waals surface area contributed by atoms with Crippen LogP contribution in [0.1, 0.15) is 21.7 Å². The number of anilines is 2. The van der Waals surface area contributed by atoms with Crippen LogP contribution in [0.3, 0.4) is 0 Å². The molecule has 0 aliphatic heterocycles. The zero-order valence-electron chi connectivity index (χ0n) is 16.7. The molecule has 2 amide bonds. The Labute approximate surface area is 184 Å². The average Bonchev–Trinajstić information content (AvgIpc) is 3.20. The molecule has 31 heavy (non-hydrogen) atoms. The van der Waals surface area contributed by atoms with Gasteiger partial charge in [0.15, 0.2) is 5.76 Å². The van der Waals surface area contributed by atoms with Crippen molar-refractivity contribution in [1.82, 2.24) is 0 Å². The third kappa shape index (κ3) is 5.02. The van der Waals surface area contributed by atoms with Crippen molar-refractivity contribution in [2.24, 2.45) is 0 Å². The van der Waals surface area contributed by atoms with Gasteiger partial charge in [-0.15, -0.1) is 0 Å². The van der Waals surface area contributed by atoms with E-state index >= 15 is 0 Å². The summed E-state index contributed by atoms with van der Waals surface area (Å²) in [5.74, 6) is -0.347. The second kappa shape index (κ2) is 8.90. The molecule has 0 atom stereocenters. The minimum absolute atomic E-state index is 0.241. The monoisotopic (exact) mass is 430 g/mol. The summed E-state index contributed by atoms with van der Waals surface area (Å²) in [6.45, 7) is 1.85. The fourth-order valence-corrected chi connectivity index (χ4v) is 3.22. The number of hydrogen-bond donors (Lipinski definition) is 2. The molecule has 4 rings (SSSR count). The molecule has 1 aromatic heterocycles. The van der Waals surface area contributed by atoms with E-state index in [4.69, 9.17) is 16.0 Å². The molecule has 0 spiro atoms. The number of para-hydroxylation sites is 1. The average molecular weight is 431 g/mol. The smallest absolute Gasteiger partial charge is 0.291 e. The minimum Gasteiger partial charge on any atom is -0.451 e. The standard InChI is InChI=1S/C25H19ClN2O3/c1-16-14-20(27-24(29)13-8-17-6-9-19(26)10-7-17)11-12-21(16)28-25(30)23-15-18-4-2-3-5-22(18)31-23/h2-15H,1H3,(H,27,29)(H,28,30)/b13-8+. The molecule has 6 heteroatoms. The molecule has 0 fully saturated rings. The largest absolute Gasteiger partial charge is 0.451 e. The van der Waals surface area contributed by atoms with Crippen LogP contribution in [0.2, 0.25) is 5.02 Å². The van der Waals surface area contributed by atoms with Gasteiger partial charge in [0.2, 0.25) is 5.91 Å². The van der Waals surface area contributed by atoms with Crippen LogP contribution < -0.4 is 10.6 Å². The maximum Gasteiger partial charge on any atom is 0.291 e. The van der Waals surface area contributed by atoms with E-state index in [9.17, 15) is 9.59 Å². The maximum absolute atomic E-state index is 12.5. The number of hydrogen-bond acceptors (Lipinski definition) is 3. The Kier molecular flexibility index (Phi) is 5.87. The SMILES string of the molecule is Cc1cc(NC(=O)/C=C/c2ccc(Cl)cc2)ccc1NC(=O)c1cc2ccccc2o1. The van der Waals surface area contributed by atoms with E-state index < -0.39 is 0 Å². The molecule has 0 radical (unpaired) electrons. The van der Waals surface area contributed by atoms with E-state index in [2.05, 4.69) is 10.6 Å². The molecule has 0 aliphatic carbocycles. The number of carbonyl (C=O) groups is 2. The highest BCUT2D eigenvalue weighted by atomic mass is 35.5. The molecule has 0 aliphatic rings. The van der Waals surface area contributed by atoms with Gasteiger partial charge in [0.1, 0.15) is 5.58 Å². The van der Waals surface area contributed by atoms with Crippen LogP contribution in [0.5, 0.6) is 0 Å². The Bertz CT molecular complexity index is 1260. The Morgan fingerprint density at radius 2 is 1.71 bits per heavy atom. The van der Waals surface area contributed by atoms with Crippen molar-refractivity contribution in [1.29, 1.82) is 0 Å². The Hall–Kier alpha value is -3.83. The summed E-state index contributed by atoms with van der Waals surface area (Å²) in [5.41, 5.74) is 3.61. The summed E-state index contributed by atoms with van der Waals surface area (Å²) in [5, 5.41) is 7.17. The summed E-state index contributed by atoms with van der Waals surface area (Å²) in [4.78, 5) is 24.7. The first-order chi connectivity index (χ1) is 15.0. The van der Waals surface area contributed by atoms with Crippen molar-refractivity contribution in [2.45, 2.75) is 6.92 Å². The van der Waals surface area contributed by atoms with Gasteiger partial charge < -0.3 is 15.1 Å².